The first kappa shape index (κ1) is 25.1. The van der Waals surface area contributed by atoms with Crippen molar-refractivity contribution in [2.45, 2.75) is 26.8 Å². The second-order valence-corrected chi connectivity index (χ2v) is 8.14. The van der Waals surface area contributed by atoms with Crippen LogP contribution in [0, 0.1) is 10.1 Å². The number of thiocarbonyl (C=S) groups is 1. The number of nitro groups is 1. The van der Waals surface area contributed by atoms with Crippen LogP contribution in [0.25, 0.3) is 0 Å². The second kappa shape index (κ2) is 10.6. The maximum Gasteiger partial charge on any atom is 0.338 e. The van der Waals surface area contributed by atoms with Gasteiger partial charge in [-0.25, -0.2) is 4.79 Å². The van der Waals surface area contributed by atoms with Crippen LogP contribution in [0.4, 0.5) is 11.4 Å². The Labute approximate surface area is 206 Å². The zero-order chi connectivity index (χ0) is 25.0. The van der Waals surface area contributed by atoms with Crippen LogP contribution in [0.1, 0.15) is 42.7 Å². The molecule has 1 atom stereocenters. The van der Waals surface area contributed by atoms with Crippen molar-refractivity contribution in [3.05, 3.63) is 80.0 Å². The summed E-state index contributed by atoms with van der Waals surface area (Å²) in [6.07, 6.45) is 0. The molecular weight excluding hydrogens is 480 g/mol. The summed E-state index contributed by atoms with van der Waals surface area (Å²) in [5.41, 5.74) is 1.96. The number of hydrogen-bond donors (Lipinski definition) is 2. The summed E-state index contributed by atoms with van der Waals surface area (Å²) in [7, 11) is 0. The molecule has 0 radical (unpaired) electrons. The number of benzene rings is 2. The smallest absolute Gasteiger partial charge is 0.338 e. The van der Waals surface area contributed by atoms with Crippen LogP contribution in [0.2, 0.25) is 5.02 Å². The highest BCUT2D eigenvalue weighted by Crippen LogP contribution is 2.32. The van der Waals surface area contributed by atoms with Crippen LogP contribution in [-0.4, -0.2) is 40.0 Å². The SMILES string of the molecule is CCOC(=O)C1=C(C)N(CC)C(=S)NC1c1cccc(NC(=O)c2ccc(Cl)c([N+](=O)[O-])c2)c1. The molecule has 2 aromatic rings. The third-order valence-electron chi connectivity index (χ3n) is 5.29. The van der Waals surface area contributed by atoms with E-state index in [9.17, 15) is 19.7 Å². The van der Waals surface area contributed by atoms with Gasteiger partial charge in [0.05, 0.1) is 23.1 Å². The maximum atomic E-state index is 12.8. The first-order valence-corrected chi connectivity index (χ1v) is 11.3. The average molecular weight is 503 g/mol. The van der Waals surface area contributed by atoms with Crippen molar-refractivity contribution in [1.82, 2.24) is 10.2 Å². The van der Waals surface area contributed by atoms with Gasteiger partial charge in [0, 0.05) is 29.6 Å². The average Bonchev–Trinajstić information content (AvgIpc) is 2.79. The van der Waals surface area contributed by atoms with Gasteiger partial charge in [-0.15, -0.1) is 0 Å². The van der Waals surface area contributed by atoms with Crippen LogP contribution >= 0.6 is 23.8 Å². The minimum atomic E-state index is -0.650. The Morgan fingerprint density at radius 1 is 1.26 bits per heavy atom. The molecule has 0 aromatic heterocycles. The number of nitrogens with one attached hydrogen (secondary N) is 2. The highest BCUT2D eigenvalue weighted by molar-refractivity contribution is 7.80. The lowest BCUT2D eigenvalue weighted by Crippen LogP contribution is -2.47. The zero-order valence-corrected chi connectivity index (χ0v) is 20.3. The topological polar surface area (TPSA) is 114 Å². The van der Waals surface area contributed by atoms with E-state index in [4.69, 9.17) is 28.6 Å². The molecule has 0 saturated heterocycles. The van der Waals surface area contributed by atoms with E-state index in [1.54, 1.807) is 31.2 Å². The van der Waals surface area contributed by atoms with Crippen molar-refractivity contribution in [2.24, 2.45) is 0 Å². The van der Waals surface area contributed by atoms with Gasteiger partial charge in [0.15, 0.2) is 5.11 Å². The van der Waals surface area contributed by atoms with E-state index in [1.165, 1.54) is 12.1 Å². The molecule has 2 N–H and O–H groups in total. The van der Waals surface area contributed by atoms with Gasteiger partial charge in [-0.2, -0.15) is 0 Å². The quantitative estimate of drug-likeness (QED) is 0.244. The summed E-state index contributed by atoms with van der Waals surface area (Å²) in [4.78, 5) is 37.8. The number of allylic oxidation sites excluding steroid dienone is 1. The molecule has 0 spiro atoms. The minimum absolute atomic E-state index is 0.0577. The van der Waals surface area contributed by atoms with Crippen molar-refractivity contribution >= 4 is 52.2 Å². The summed E-state index contributed by atoms with van der Waals surface area (Å²) in [6, 6.07) is 10.1. The van der Waals surface area contributed by atoms with Crippen molar-refractivity contribution < 1.29 is 19.2 Å². The second-order valence-electron chi connectivity index (χ2n) is 7.35. The van der Waals surface area contributed by atoms with E-state index >= 15 is 0 Å². The molecule has 2 aromatic carbocycles. The molecule has 34 heavy (non-hydrogen) atoms. The number of anilines is 1. The van der Waals surface area contributed by atoms with Gasteiger partial charge in [0.1, 0.15) is 5.02 Å². The molecule has 1 amide bonds. The number of hydrogen-bond acceptors (Lipinski definition) is 6. The van der Waals surface area contributed by atoms with E-state index in [0.717, 1.165) is 6.07 Å². The summed E-state index contributed by atoms with van der Waals surface area (Å²) < 4.78 is 5.28. The van der Waals surface area contributed by atoms with Gasteiger partial charge < -0.3 is 20.3 Å². The standard InChI is InChI=1S/C23H23ClN4O5S/c1-4-27-13(3)19(22(30)33-5-2)20(26-23(27)34)14-7-6-8-16(11-14)25-21(29)15-9-10-17(24)18(12-15)28(31)32/h6-12,20H,4-5H2,1-3H3,(H,25,29)(H,26,34). The fourth-order valence-corrected chi connectivity index (χ4v) is 4.25. The first-order valence-electron chi connectivity index (χ1n) is 10.5. The summed E-state index contributed by atoms with van der Waals surface area (Å²) in [5.74, 6) is -1.00. The normalized spacial score (nSPS) is 15.6. The number of nitro benzene ring substituents is 1. The number of amides is 1. The van der Waals surface area contributed by atoms with Crippen molar-refractivity contribution in [3.63, 3.8) is 0 Å². The first-order chi connectivity index (χ1) is 16.2. The number of esters is 1. The molecule has 3 rings (SSSR count). The van der Waals surface area contributed by atoms with E-state index < -0.39 is 22.8 Å². The molecule has 9 nitrogen and oxygen atoms in total. The van der Waals surface area contributed by atoms with Gasteiger partial charge >= 0.3 is 5.97 Å². The van der Waals surface area contributed by atoms with Crippen molar-refractivity contribution in [2.75, 3.05) is 18.5 Å². The third kappa shape index (κ3) is 5.18. The summed E-state index contributed by atoms with van der Waals surface area (Å²) in [6.45, 7) is 6.28. The molecule has 1 aliphatic rings. The number of nitrogens with zero attached hydrogens (tertiary/aromatic N) is 2. The van der Waals surface area contributed by atoms with Crippen LogP contribution in [-0.2, 0) is 9.53 Å². The van der Waals surface area contributed by atoms with Crippen molar-refractivity contribution in [3.8, 4) is 0 Å². The van der Waals surface area contributed by atoms with E-state index in [2.05, 4.69) is 10.6 Å². The Kier molecular flexibility index (Phi) is 7.85. The number of halogens is 1. The van der Waals surface area contributed by atoms with Gasteiger partial charge in [-0.3, -0.25) is 14.9 Å². The molecule has 0 aliphatic carbocycles. The Balaban J connectivity index is 1.93. The highest BCUT2D eigenvalue weighted by Gasteiger charge is 2.34. The largest absolute Gasteiger partial charge is 0.463 e. The van der Waals surface area contributed by atoms with Crippen LogP contribution in [0.3, 0.4) is 0 Å². The molecule has 1 heterocycles. The fraction of sp³-hybridized carbons (Fsp3) is 0.261. The molecule has 11 heteroatoms. The van der Waals surface area contributed by atoms with Crippen LogP contribution in [0.5, 0.6) is 0 Å². The Morgan fingerprint density at radius 3 is 2.65 bits per heavy atom. The lowest BCUT2D eigenvalue weighted by atomic mass is 9.94. The van der Waals surface area contributed by atoms with Gasteiger partial charge in [0.25, 0.3) is 11.6 Å². The predicted molar refractivity (Wildman–Crippen MR) is 133 cm³/mol. The maximum absolute atomic E-state index is 12.8. The molecule has 1 unspecified atom stereocenters. The molecule has 1 aliphatic heterocycles. The molecule has 0 fully saturated rings. The lowest BCUT2D eigenvalue weighted by molar-refractivity contribution is -0.384. The number of carbonyl (C=O) groups excluding carboxylic acids is 2. The Hall–Kier alpha value is -3.50. The van der Waals surface area contributed by atoms with Gasteiger partial charge in [-0.05, 0) is 62.8 Å². The van der Waals surface area contributed by atoms with Crippen LogP contribution < -0.4 is 10.6 Å². The zero-order valence-electron chi connectivity index (χ0n) is 18.8. The van der Waals surface area contributed by atoms with E-state index in [-0.39, 0.29) is 22.9 Å². The number of ether oxygens (including phenoxy) is 1. The lowest BCUT2D eigenvalue weighted by Gasteiger charge is -2.37. The Morgan fingerprint density at radius 2 is 2.00 bits per heavy atom. The van der Waals surface area contributed by atoms with E-state index in [0.29, 0.717) is 34.2 Å². The van der Waals surface area contributed by atoms with Gasteiger partial charge in [0.2, 0.25) is 0 Å². The molecular formula is C23H23ClN4O5S. The van der Waals surface area contributed by atoms with E-state index in [1.807, 2.05) is 18.7 Å². The Bertz CT molecular complexity index is 1200. The molecule has 178 valence electrons. The van der Waals surface area contributed by atoms with Crippen molar-refractivity contribution in [1.29, 1.82) is 0 Å². The summed E-state index contributed by atoms with van der Waals surface area (Å²) in [5, 5.41) is 17.5. The monoisotopic (exact) mass is 502 g/mol. The number of rotatable bonds is 7. The summed E-state index contributed by atoms with van der Waals surface area (Å²) >= 11 is 11.3. The minimum Gasteiger partial charge on any atom is -0.463 e. The molecule has 0 saturated carbocycles. The highest BCUT2D eigenvalue weighted by atomic mass is 35.5. The number of carbonyl (C=O) groups is 2. The fourth-order valence-electron chi connectivity index (χ4n) is 3.68. The van der Waals surface area contributed by atoms with Gasteiger partial charge in [-0.1, -0.05) is 23.7 Å². The molecule has 0 bridgehead atoms. The third-order valence-corrected chi connectivity index (χ3v) is 5.95. The van der Waals surface area contributed by atoms with Crippen LogP contribution in [0.15, 0.2) is 53.7 Å². The predicted octanol–water partition coefficient (Wildman–Crippen LogP) is 4.59.